The minimum atomic E-state index is -0.613. The molecule has 0 spiro atoms. The quantitative estimate of drug-likeness (QED) is 0.774. The first-order valence-electron chi connectivity index (χ1n) is 9.76. The molecule has 27 heavy (non-hydrogen) atoms. The molecule has 3 aliphatic rings. The molecule has 0 aromatic heterocycles. The van der Waals surface area contributed by atoms with Gasteiger partial charge in [0.2, 0.25) is 0 Å². The number of rotatable bonds is 3. The second-order valence-electron chi connectivity index (χ2n) is 7.83. The molecule has 4 rings (SSSR count). The molecule has 6 nitrogen and oxygen atoms in total. The second kappa shape index (κ2) is 7.97. The average Bonchev–Trinajstić information content (AvgIpc) is 2.70. The number of aliphatic hydroxyl groups excluding tert-OH is 1. The number of hydrogen-bond donors (Lipinski definition) is 1. The van der Waals surface area contributed by atoms with Crippen LogP contribution in [-0.4, -0.2) is 86.2 Å². The van der Waals surface area contributed by atoms with Gasteiger partial charge in [0.1, 0.15) is 18.5 Å². The molecule has 2 saturated heterocycles. The third kappa shape index (κ3) is 3.54. The van der Waals surface area contributed by atoms with Crippen LogP contribution in [0.15, 0.2) is 10.5 Å². The number of benzene rings is 1. The number of nitrogens with zero attached hydrogens (tertiary/aromatic N) is 2. The van der Waals surface area contributed by atoms with Crippen LogP contribution in [0.25, 0.3) is 0 Å². The molecule has 7 heteroatoms. The Morgan fingerprint density at radius 1 is 1.11 bits per heavy atom. The Bertz CT molecular complexity index is 689. The Morgan fingerprint density at radius 2 is 1.74 bits per heavy atom. The number of aryl methyl sites for hydroxylation is 1. The zero-order chi connectivity index (χ0) is 19.0. The van der Waals surface area contributed by atoms with Gasteiger partial charge in [0.25, 0.3) is 0 Å². The first kappa shape index (κ1) is 19.6. The van der Waals surface area contributed by atoms with Gasteiger partial charge in [-0.3, -0.25) is 9.80 Å². The maximum absolute atomic E-state index is 11.7. The van der Waals surface area contributed by atoms with E-state index in [-0.39, 0.29) is 0 Å². The highest BCUT2D eigenvalue weighted by Gasteiger charge is 2.50. The van der Waals surface area contributed by atoms with Crippen LogP contribution < -0.4 is 4.74 Å². The van der Waals surface area contributed by atoms with Crippen LogP contribution in [0.3, 0.4) is 0 Å². The molecule has 0 unspecified atom stereocenters. The van der Waals surface area contributed by atoms with E-state index in [1.54, 1.807) is 0 Å². The molecule has 150 valence electrons. The van der Waals surface area contributed by atoms with Crippen LogP contribution >= 0.6 is 15.9 Å². The highest BCUT2D eigenvalue weighted by atomic mass is 79.9. The summed E-state index contributed by atoms with van der Waals surface area (Å²) in [5.41, 5.74) is 2.73. The lowest BCUT2D eigenvalue weighted by atomic mass is 9.82. The molecule has 1 aromatic carbocycles. The summed E-state index contributed by atoms with van der Waals surface area (Å²) in [4.78, 5) is 4.77. The van der Waals surface area contributed by atoms with E-state index in [4.69, 9.17) is 14.2 Å². The molecule has 2 fully saturated rings. The van der Waals surface area contributed by atoms with Crippen LogP contribution in [0.4, 0.5) is 0 Å². The number of ether oxygens (including phenoxy) is 3. The fraction of sp³-hybridized carbons (Fsp3) is 0.700. The van der Waals surface area contributed by atoms with Crippen molar-refractivity contribution in [3.05, 3.63) is 27.2 Å². The van der Waals surface area contributed by atoms with Crippen molar-refractivity contribution >= 4 is 15.9 Å². The largest absolute Gasteiger partial charge is 0.490 e. The van der Waals surface area contributed by atoms with Crippen molar-refractivity contribution < 1.29 is 19.3 Å². The molecule has 0 saturated carbocycles. The Labute approximate surface area is 169 Å². The van der Waals surface area contributed by atoms with Gasteiger partial charge in [0.15, 0.2) is 0 Å². The second-order valence-corrected chi connectivity index (χ2v) is 8.63. The summed E-state index contributed by atoms with van der Waals surface area (Å²) in [6, 6.07) is 2.09. The minimum absolute atomic E-state index is 0.472. The summed E-state index contributed by atoms with van der Waals surface area (Å²) in [5, 5.41) is 11.7. The van der Waals surface area contributed by atoms with Crippen molar-refractivity contribution in [3.8, 4) is 5.75 Å². The number of fused-ring (bicyclic) bond motifs is 1. The molecular formula is C20H29BrN2O4. The van der Waals surface area contributed by atoms with Gasteiger partial charge >= 0.3 is 0 Å². The van der Waals surface area contributed by atoms with Crippen molar-refractivity contribution in [2.24, 2.45) is 0 Å². The molecule has 1 N–H and O–H groups in total. The lowest BCUT2D eigenvalue weighted by molar-refractivity contribution is -0.125. The summed E-state index contributed by atoms with van der Waals surface area (Å²) in [6.45, 7) is 11.7. The highest BCUT2D eigenvalue weighted by molar-refractivity contribution is 9.10. The van der Waals surface area contributed by atoms with E-state index in [0.717, 1.165) is 72.9 Å². The molecule has 3 heterocycles. The predicted octanol–water partition coefficient (Wildman–Crippen LogP) is 1.89. The molecule has 1 aromatic rings. The fourth-order valence-corrected chi connectivity index (χ4v) is 5.10. The molecule has 2 atom stereocenters. The lowest BCUT2D eigenvalue weighted by Gasteiger charge is -2.52. The van der Waals surface area contributed by atoms with E-state index in [1.165, 1.54) is 0 Å². The highest BCUT2D eigenvalue weighted by Crippen LogP contribution is 2.46. The van der Waals surface area contributed by atoms with E-state index in [1.807, 2.05) is 0 Å². The third-order valence-electron chi connectivity index (χ3n) is 6.27. The van der Waals surface area contributed by atoms with Crippen molar-refractivity contribution in [2.75, 3.05) is 65.8 Å². The summed E-state index contributed by atoms with van der Waals surface area (Å²) >= 11 is 3.68. The monoisotopic (exact) mass is 440 g/mol. The summed E-state index contributed by atoms with van der Waals surface area (Å²) in [6.07, 6.45) is -0.613. The normalized spacial score (nSPS) is 30.0. The average molecular weight is 441 g/mol. The summed E-state index contributed by atoms with van der Waals surface area (Å²) in [5.74, 6) is 0.788. The number of hydrogen-bond acceptors (Lipinski definition) is 6. The molecular weight excluding hydrogens is 412 g/mol. The van der Waals surface area contributed by atoms with Gasteiger partial charge in [-0.1, -0.05) is 0 Å². The fourth-order valence-electron chi connectivity index (χ4n) is 4.44. The minimum Gasteiger partial charge on any atom is -0.490 e. The molecule has 0 amide bonds. The van der Waals surface area contributed by atoms with Crippen molar-refractivity contribution in [2.45, 2.75) is 25.5 Å². The van der Waals surface area contributed by atoms with Gasteiger partial charge in [-0.2, -0.15) is 0 Å². The van der Waals surface area contributed by atoms with E-state index < -0.39 is 11.6 Å². The maximum Gasteiger partial charge on any atom is 0.139 e. The Hall–Kier alpha value is -0.700. The molecule has 0 bridgehead atoms. The van der Waals surface area contributed by atoms with Crippen LogP contribution in [-0.2, 0) is 9.47 Å². The van der Waals surface area contributed by atoms with E-state index in [9.17, 15) is 5.11 Å². The lowest BCUT2D eigenvalue weighted by Crippen LogP contribution is -2.66. The SMILES string of the molecule is Cc1cc2c(c(Br)c1C)OC[C@](CN1CCOCC1)(N1CCOCC1)[C@@H]2O. The van der Waals surface area contributed by atoms with Gasteiger partial charge < -0.3 is 19.3 Å². The molecule has 0 radical (unpaired) electrons. The van der Waals surface area contributed by atoms with Gasteiger partial charge in [0, 0.05) is 38.3 Å². The van der Waals surface area contributed by atoms with E-state index in [0.29, 0.717) is 19.8 Å². The summed E-state index contributed by atoms with van der Waals surface area (Å²) < 4.78 is 18.4. The zero-order valence-corrected chi connectivity index (χ0v) is 17.8. The van der Waals surface area contributed by atoms with E-state index in [2.05, 4.69) is 45.6 Å². The first-order chi connectivity index (χ1) is 13.0. The Kier molecular flexibility index (Phi) is 5.79. The topological polar surface area (TPSA) is 54.4 Å². The van der Waals surface area contributed by atoms with Crippen LogP contribution in [0.1, 0.15) is 22.8 Å². The summed E-state index contributed by atoms with van der Waals surface area (Å²) in [7, 11) is 0. The smallest absolute Gasteiger partial charge is 0.139 e. The number of aliphatic hydroxyl groups is 1. The van der Waals surface area contributed by atoms with Gasteiger partial charge in [0.05, 0.1) is 36.4 Å². The first-order valence-corrected chi connectivity index (χ1v) is 10.6. The Balaban J connectivity index is 1.72. The predicted molar refractivity (Wildman–Crippen MR) is 106 cm³/mol. The van der Waals surface area contributed by atoms with Crippen molar-refractivity contribution in [3.63, 3.8) is 0 Å². The number of morpholine rings is 2. The maximum atomic E-state index is 11.7. The van der Waals surface area contributed by atoms with Gasteiger partial charge in [-0.05, 0) is 47.0 Å². The van der Waals surface area contributed by atoms with Crippen LogP contribution in [0, 0.1) is 13.8 Å². The van der Waals surface area contributed by atoms with Crippen molar-refractivity contribution in [1.82, 2.24) is 9.80 Å². The molecule has 0 aliphatic carbocycles. The van der Waals surface area contributed by atoms with Crippen LogP contribution in [0.5, 0.6) is 5.75 Å². The number of halogens is 1. The van der Waals surface area contributed by atoms with Crippen LogP contribution in [0.2, 0.25) is 0 Å². The van der Waals surface area contributed by atoms with E-state index >= 15 is 0 Å². The Morgan fingerprint density at radius 3 is 2.41 bits per heavy atom. The van der Waals surface area contributed by atoms with Gasteiger partial charge in [-0.15, -0.1) is 0 Å². The zero-order valence-electron chi connectivity index (χ0n) is 16.2. The molecule has 3 aliphatic heterocycles. The third-order valence-corrected chi connectivity index (χ3v) is 7.22. The van der Waals surface area contributed by atoms with Crippen molar-refractivity contribution in [1.29, 1.82) is 0 Å². The van der Waals surface area contributed by atoms with Gasteiger partial charge in [-0.25, -0.2) is 0 Å². The standard InChI is InChI=1S/C20H29BrN2O4/c1-14-11-16-18(17(21)15(14)2)27-13-20(19(16)24,23-5-9-26-10-6-23)12-22-3-7-25-8-4-22/h11,19,24H,3-10,12-13H2,1-2H3/t19-,20+/m1/s1.